The third-order valence-electron chi connectivity index (χ3n) is 4.16. The number of nitrogens with one attached hydrogen (secondary N) is 2. The minimum Gasteiger partial charge on any atom is -0.354 e. The molecule has 6 heteroatoms. The van der Waals surface area contributed by atoms with Gasteiger partial charge in [0.05, 0.1) is 5.92 Å². The Balaban J connectivity index is 0.00000338. The fourth-order valence-electron chi connectivity index (χ4n) is 2.46. The summed E-state index contributed by atoms with van der Waals surface area (Å²) >= 11 is 0. The first-order valence-electron chi connectivity index (χ1n) is 8.42. The monoisotopic (exact) mass is 375 g/mol. The molecule has 2 rings (SSSR count). The van der Waals surface area contributed by atoms with Gasteiger partial charge in [-0.1, -0.05) is 55.0 Å². The van der Waals surface area contributed by atoms with E-state index in [4.69, 9.17) is 5.73 Å². The summed E-state index contributed by atoms with van der Waals surface area (Å²) in [5.41, 5.74) is 8.79. The normalized spacial score (nSPS) is 12.4. The van der Waals surface area contributed by atoms with Crippen LogP contribution in [-0.2, 0) is 4.79 Å². The molecule has 0 bridgehead atoms. The molecule has 0 radical (unpaired) electrons. The quantitative estimate of drug-likeness (QED) is 0.650. The maximum Gasteiger partial charge on any atom is 0.251 e. The highest BCUT2D eigenvalue weighted by Crippen LogP contribution is 2.18. The first-order chi connectivity index (χ1) is 12.0. The van der Waals surface area contributed by atoms with Gasteiger partial charge in [0, 0.05) is 24.7 Å². The lowest BCUT2D eigenvalue weighted by atomic mass is 9.95. The Kier molecular flexibility index (Phi) is 8.82. The van der Waals surface area contributed by atoms with Crippen LogP contribution in [0.5, 0.6) is 0 Å². The summed E-state index contributed by atoms with van der Waals surface area (Å²) in [5, 5.41) is 5.60. The fourth-order valence-corrected chi connectivity index (χ4v) is 2.46. The molecule has 26 heavy (non-hydrogen) atoms. The summed E-state index contributed by atoms with van der Waals surface area (Å²) in [6.45, 7) is 4.50. The van der Waals surface area contributed by atoms with Gasteiger partial charge in [0.2, 0.25) is 5.91 Å². The van der Waals surface area contributed by atoms with Crippen LogP contribution in [-0.4, -0.2) is 24.9 Å². The van der Waals surface area contributed by atoms with Crippen molar-refractivity contribution in [3.63, 3.8) is 0 Å². The molecule has 5 nitrogen and oxygen atoms in total. The van der Waals surface area contributed by atoms with Gasteiger partial charge in [0.1, 0.15) is 0 Å². The number of carbonyl (C=O) groups excluding carboxylic acids is 2. The molecule has 140 valence electrons. The number of halogens is 1. The second kappa shape index (κ2) is 10.6. The van der Waals surface area contributed by atoms with Crippen molar-refractivity contribution in [2.45, 2.75) is 19.9 Å². The van der Waals surface area contributed by atoms with E-state index in [-0.39, 0.29) is 36.2 Å². The Morgan fingerprint density at radius 3 is 2.15 bits per heavy atom. The van der Waals surface area contributed by atoms with Crippen molar-refractivity contribution in [1.29, 1.82) is 0 Å². The molecule has 0 saturated carbocycles. The number of carbonyl (C=O) groups is 2. The summed E-state index contributed by atoms with van der Waals surface area (Å²) in [4.78, 5) is 24.2. The first-order valence-corrected chi connectivity index (χ1v) is 8.42. The van der Waals surface area contributed by atoms with Crippen LogP contribution in [0.25, 0.3) is 0 Å². The summed E-state index contributed by atoms with van der Waals surface area (Å²) in [7, 11) is 0. The van der Waals surface area contributed by atoms with Gasteiger partial charge in [0.25, 0.3) is 5.91 Å². The minimum atomic E-state index is -0.358. The van der Waals surface area contributed by atoms with Crippen LogP contribution in [0, 0.1) is 12.8 Å². The number of hydrogen-bond acceptors (Lipinski definition) is 3. The summed E-state index contributed by atoms with van der Waals surface area (Å²) in [6, 6.07) is 16.5. The van der Waals surface area contributed by atoms with Crippen LogP contribution < -0.4 is 16.4 Å². The van der Waals surface area contributed by atoms with Crippen molar-refractivity contribution in [1.82, 2.24) is 10.6 Å². The van der Waals surface area contributed by atoms with E-state index in [9.17, 15) is 9.59 Å². The summed E-state index contributed by atoms with van der Waals surface area (Å²) in [6.07, 6.45) is 0. The van der Waals surface area contributed by atoms with Crippen molar-refractivity contribution in [2.24, 2.45) is 11.7 Å². The molecule has 2 unspecified atom stereocenters. The van der Waals surface area contributed by atoms with E-state index in [0.29, 0.717) is 18.7 Å². The molecule has 2 atom stereocenters. The highest BCUT2D eigenvalue weighted by molar-refractivity contribution is 5.94. The molecule has 0 spiro atoms. The third-order valence-corrected chi connectivity index (χ3v) is 4.16. The second-order valence-electron chi connectivity index (χ2n) is 6.14. The highest BCUT2D eigenvalue weighted by Gasteiger charge is 2.21. The predicted molar refractivity (Wildman–Crippen MR) is 106 cm³/mol. The number of rotatable bonds is 7. The van der Waals surface area contributed by atoms with Gasteiger partial charge in [-0.05, 0) is 24.6 Å². The molecule has 0 fully saturated rings. The van der Waals surface area contributed by atoms with Crippen LogP contribution in [0.3, 0.4) is 0 Å². The summed E-state index contributed by atoms with van der Waals surface area (Å²) < 4.78 is 0. The van der Waals surface area contributed by atoms with Crippen LogP contribution in [0.4, 0.5) is 0 Å². The number of amides is 2. The topological polar surface area (TPSA) is 84.2 Å². The third kappa shape index (κ3) is 6.17. The molecular weight excluding hydrogens is 350 g/mol. The predicted octanol–water partition coefficient (Wildman–Crippen LogP) is 2.60. The van der Waals surface area contributed by atoms with E-state index in [1.165, 1.54) is 0 Å². The lowest BCUT2D eigenvalue weighted by Gasteiger charge is -2.19. The van der Waals surface area contributed by atoms with Crippen molar-refractivity contribution in [3.8, 4) is 0 Å². The van der Waals surface area contributed by atoms with Gasteiger partial charge in [-0.15, -0.1) is 12.4 Å². The summed E-state index contributed by atoms with van der Waals surface area (Å²) in [5.74, 6) is -0.626. The Morgan fingerprint density at radius 2 is 1.54 bits per heavy atom. The van der Waals surface area contributed by atoms with Crippen molar-refractivity contribution in [3.05, 3.63) is 71.3 Å². The van der Waals surface area contributed by atoms with Crippen LogP contribution in [0.15, 0.2) is 54.6 Å². The van der Waals surface area contributed by atoms with Gasteiger partial charge in [-0.3, -0.25) is 9.59 Å². The van der Waals surface area contributed by atoms with E-state index in [2.05, 4.69) is 10.6 Å². The zero-order valence-corrected chi connectivity index (χ0v) is 15.9. The molecule has 0 aliphatic rings. The minimum absolute atomic E-state index is 0. The van der Waals surface area contributed by atoms with Gasteiger partial charge < -0.3 is 16.4 Å². The zero-order valence-electron chi connectivity index (χ0n) is 15.1. The van der Waals surface area contributed by atoms with Crippen molar-refractivity contribution in [2.75, 3.05) is 13.1 Å². The average molecular weight is 376 g/mol. The SMILES string of the molecule is Cc1ccc(C(=O)NCCNC(=O)C(C)C(N)c2ccccc2)cc1.Cl. The molecule has 0 saturated heterocycles. The molecule has 0 heterocycles. The Labute approximate surface area is 160 Å². The van der Waals surface area contributed by atoms with Gasteiger partial charge in [-0.2, -0.15) is 0 Å². The lowest BCUT2D eigenvalue weighted by Crippen LogP contribution is -2.39. The lowest BCUT2D eigenvalue weighted by molar-refractivity contribution is -0.125. The van der Waals surface area contributed by atoms with Crippen LogP contribution in [0.2, 0.25) is 0 Å². The maximum absolute atomic E-state index is 12.2. The van der Waals surface area contributed by atoms with Crippen molar-refractivity contribution < 1.29 is 9.59 Å². The van der Waals surface area contributed by atoms with Crippen LogP contribution >= 0.6 is 12.4 Å². The number of hydrogen-bond donors (Lipinski definition) is 3. The largest absolute Gasteiger partial charge is 0.354 e. The number of nitrogens with two attached hydrogens (primary N) is 1. The second-order valence-corrected chi connectivity index (χ2v) is 6.14. The average Bonchev–Trinajstić information content (AvgIpc) is 2.65. The first kappa shape index (κ1) is 21.7. The maximum atomic E-state index is 12.2. The number of aryl methyl sites for hydroxylation is 1. The highest BCUT2D eigenvalue weighted by atomic mass is 35.5. The Hall–Kier alpha value is -2.37. The van der Waals surface area contributed by atoms with E-state index in [0.717, 1.165) is 11.1 Å². The molecule has 0 aliphatic heterocycles. The van der Waals surface area contributed by atoms with Gasteiger partial charge in [-0.25, -0.2) is 0 Å². The molecule has 2 amide bonds. The molecule has 2 aromatic carbocycles. The van der Waals surface area contributed by atoms with E-state index in [1.807, 2.05) is 49.4 Å². The molecular formula is C20H26ClN3O2. The Morgan fingerprint density at radius 1 is 0.962 bits per heavy atom. The zero-order chi connectivity index (χ0) is 18.2. The van der Waals surface area contributed by atoms with E-state index < -0.39 is 0 Å². The molecule has 2 aromatic rings. The van der Waals surface area contributed by atoms with Gasteiger partial charge >= 0.3 is 0 Å². The standard InChI is InChI=1S/C20H25N3O2.ClH/c1-14-8-10-17(11-9-14)20(25)23-13-12-22-19(24)15(2)18(21)16-6-4-3-5-7-16;/h3-11,15,18H,12-13,21H2,1-2H3,(H,22,24)(H,23,25);1H. The van der Waals surface area contributed by atoms with Gasteiger partial charge in [0.15, 0.2) is 0 Å². The van der Waals surface area contributed by atoms with Crippen LogP contribution in [0.1, 0.15) is 34.5 Å². The van der Waals surface area contributed by atoms with E-state index in [1.54, 1.807) is 19.1 Å². The molecule has 0 aromatic heterocycles. The molecule has 0 aliphatic carbocycles. The van der Waals surface area contributed by atoms with Crippen molar-refractivity contribution >= 4 is 24.2 Å². The molecule has 4 N–H and O–H groups in total. The fraction of sp³-hybridized carbons (Fsp3) is 0.300. The number of benzene rings is 2. The Bertz CT molecular complexity index is 705. The smallest absolute Gasteiger partial charge is 0.251 e. The van der Waals surface area contributed by atoms with E-state index >= 15 is 0 Å².